The Morgan fingerprint density at radius 3 is 1.82 bits per heavy atom. The molecule has 11 heavy (non-hydrogen) atoms. The third-order valence-corrected chi connectivity index (χ3v) is 1.68. The number of carboxylic acid groups (broad SMARTS) is 1. The molecular formula is C7H11NaO3. The van der Waals surface area contributed by atoms with E-state index >= 15 is 0 Å². The number of carbonyl (C=O) groups excluding carboxylic acids is 2. The van der Waals surface area contributed by atoms with Crippen molar-refractivity contribution in [3.05, 3.63) is 0 Å². The van der Waals surface area contributed by atoms with Crippen LogP contribution in [0.1, 0.15) is 27.2 Å². The van der Waals surface area contributed by atoms with Crippen LogP contribution in [-0.2, 0) is 9.59 Å². The molecular weight excluding hydrogens is 155 g/mol. The number of ketones is 1. The van der Waals surface area contributed by atoms with Crippen LogP contribution in [0, 0.1) is 5.41 Å². The van der Waals surface area contributed by atoms with Gasteiger partial charge in [-0.2, -0.15) is 0 Å². The number of hydrogen-bond donors (Lipinski definition) is 0. The minimum atomic E-state index is -1.59. The van der Waals surface area contributed by atoms with Gasteiger partial charge in [0.2, 0.25) is 0 Å². The van der Waals surface area contributed by atoms with Crippen LogP contribution in [0.4, 0.5) is 0 Å². The molecule has 0 aromatic carbocycles. The Kier molecular flexibility index (Phi) is 6.12. The Labute approximate surface area is 88.5 Å². The first-order chi connectivity index (χ1) is 4.41. The normalized spacial score (nSPS) is 10.1. The van der Waals surface area contributed by atoms with Crippen LogP contribution in [0.25, 0.3) is 0 Å². The summed E-state index contributed by atoms with van der Waals surface area (Å²) in [5, 5.41) is 10.0. The van der Waals surface area contributed by atoms with Crippen LogP contribution < -0.4 is 34.7 Å². The second-order valence-electron chi connectivity index (χ2n) is 2.85. The van der Waals surface area contributed by atoms with Gasteiger partial charge in [0.1, 0.15) is 5.97 Å². The van der Waals surface area contributed by atoms with E-state index in [2.05, 4.69) is 0 Å². The van der Waals surface area contributed by atoms with Crippen LogP contribution in [0.15, 0.2) is 0 Å². The van der Waals surface area contributed by atoms with Gasteiger partial charge in [-0.3, -0.25) is 4.79 Å². The van der Waals surface area contributed by atoms with Crippen LogP contribution in [0.5, 0.6) is 0 Å². The summed E-state index contributed by atoms with van der Waals surface area (Å²) in [6, 6.07) is 0. The van der Waals surface area contributed by atoms with E-state index in [1.807, 2.05) is 0 Å². The van der Waals surface area contributed by atoms with Gasteiger partial charge in [0.15, 0.2) is 5.78 Å². The molecule has 0 amide bonds. The Morgan fingerprint density at radius 1 is 1.36 bits per heavy atom. The molecule has 0 heterocycles. The Morgan fingerprint density at radius 2 is 1.73 bits per heavy atom. The van der Waals surface area contributed by atoms with E-state index in [9.17, 15) is 14.7 Å². The number of carbonyl (C=O) groups is 2. The van der Waals surface area contributed by atoms with E-state index in [-0.39, 0.29) is 29.6 Å². The molecule has 0 bridgehead atoms. The maximum absolute atomic E-state index is 10.7. The third-order valence-electron chi connectivity index (χ3n) is 1.68. The average molecular weight is 166 g/mol. The van der Waals surface area contributed by atoms with Crippen LogP contribution in [-0.4, -0.2) is 11.8 Å². The van der Waals surface area contributed by atoms with Gasteiger partial charge in [-0.05, 0) is 6.42 Å². The number of carboxylic acids is 1. The minimum Gasteiger partial charge on any atom is -0.542 e. The predicted octanol–water partition coefficient (Wildman–Crippen LogP) is -3.25. The molecule has 0 fully saturated rings. The number of hydrogen-bond acceptors (Lipinski definition) is 3. The SMILES string of the molecule is CCC(C)(C)C(=O)C(=O)[O-].[Na+]. The zero-order valence-corrected chi connectivity index (χ0v) is 9.43. The maximum atomic E-state index is 10.7. The first-order valence-electron chi connectivity index (χ1n) is 3.17. The second kappa shape index (κ2) is 4.91. The van der Waals surface area contributed by atoms with E-state index in [4.69, 9.17) is 0 Å². The van der Waals surface area contributed by atoms with Crippen LogP contribution in [0.2, 0.25) is 0 Å². The van der Waals surface area contributed by atoms with Gasteiger partial charge in [0.25, 0.3) is 0 Å². The van der Waals surface area contributed by atoms with Gasteiger partial charge in [0, 0.05) is 5.41 Å². The molecule has 0 N–H and O–H groups in total. The van der Waals surface area contributed by atoms with Gasteiger partial charge in [-0.25, -0.2) is 0 Å². The van der Waals surface area contributed by atoms with E-state index < -0.39 is 17.2 Å². The molecule has 0 atom stereocenters. The molecule has 0 unspecified atom stereocenters. The molecule has 0 aromatic rings. The quantitative estimate of drug-likeness (QED) is 0.327. The zero-order chi connectivity index (χ0) is 8.36. The number of rotatable bonds is 3. The topological polar surface area (TPSA) is 57.2 Å². The summed E-state index contributed by atoms with van der Waals surface area (Å²) in [5.74, 6) is -2.41. The van der Waals surface area contributed by atoms with Gasteiger partial charge >= 0.3 is 29.6 Å². The fourth-order valence-corrected chi connectivity index (χ4v) is 0.437. The molecule has 0 aromatic heterocycles. The van der Waals surface area contributed by atoms with E-state index in [0.717, 1.165) is 0 Å². The smallest absolute Gasteiger partial charge is 0.542 e. The summed E-state index contributed by atoms with van der Waals surface area (Å²) >= 11 is 0. The summed E-state index contributed by atoms with van der Waals surface area (Å²) in [4.78, 5) is 20.8. The third kappa shape index (κ3) is 3.89. The molecule has 0 spiro atoms. The summed E-state index contributed by atoms with van der Waals surface area (Å²) in [6.45, 7) is 4.94. The van der Waals surface area contributed by atoms with Crippen molar-refractivity contribution in [3.8, 4) is 0 Å². The van der Waals surface area contributed by atoms with Crippen LogP contribution >= 0.6 is 0 Å². The minimum absolute atomic E-state index is 0. The maximum Gasteiger partial charge on any atom is 1.00 e. The Balaban J connectivity index is 0. The van der Waals surface area contributed by atoms with Crippen molar-refractivity contribution in [1.29, 1.82) is 0 Å². The van der Waals surface area contributed by atoms with Crippen molar-refractivity contribution in [1.82, 2.24) is 0 Å². The molecule has 3 nitrogen and oxygen atoms in total. The predicted molar refractivity (Wildman–Crippen MR) is 34.1 cm³/mol. The molecule has 0 saturated carbocycles. The largest absolute Gasteiger partial charge is 1.00 e. The summed E-state index contributed by atoms with van der Waals surface area (Å²) in [7, 11) is 0. The van der Waals surface area contributed by atoms with E-state index in [0.29, 0.717) is 6.42 Å². The summed E-state index contributed by atoms with van der Waals surface area (Å²) < 4.78 is 0. The van der Waals surface area contributed by atoms with Crippen molar-refractivity contribution in [2.24, 2.45) is 5.41 Å². The van der Waals surface area contributed by atoms with E-state index in [1.54, 1.807) is 20.8 Å². The van der Waals surface area contributed by atoms with Crippen molar-refractivity contribution in [2.75, 3.05) is 0 Å². The molecule has 0 aliphatic carbocycles. The number of aliphatic carboxylic acids is 1. The van der Waals surface area contributed by atoms with Gasteiger partial charge in [-0.15, -0.1) is 0 Å². The standard InChI is InChI=1S/C7H12O3.Na/c1-4-7(2,3)5(8)6(9)10;/h4H2,1-3H3,(H,9,10);/q;+1/p-1. The molecule has 0 aliphatic heterocycles. The van der Waals surface area contributed by atoms with E-state index in [1.165, 1.54) is 0 Å². The molecule has 0 rings (SSSR count). The van der Waals surface area contributed by atoms with Gasteiger partial charge < -0.3 is 9.90 Å². The van der Waals surface area contributed by atoms with Gasteiger partial charge in [0.05, 0.1) is 0 Å². The molecule has 4 heteroatoms. The Hall–Kier alpha value is 0.140. The average Bonchev–Trinajstić information content (AvgIpc) is 1.86. The van der Waals surface area contributed by atoms with Crippen molar-refractivity contribution < 1.29 is 44.3 Å². The van der Waals surface area contributed by atoms with Gasteiger partial charge in [-0.1, -0.05) is 20.8 Å². The Bertz CT molecular complexity index is 163. The summed E-state index contributed by atoms with van der Waals surface area (Å²) in [6.07, 6.45) is 0.514. The second-order valence-corrected chi connectivity index (χ2v) is 2.85. The molecule has 0 aliphatic rings. The van der Waals surface area contributed by atoms with Crippen molar-refractivity contribution >= 4 is 11.8 Å². The monoisotopic (exact) mass is 166 g/mol. The molecule has 0 radical (unpaired) electrons. The first-order valence-corrected chi connectivity index (χ1v) is 3.17. The van der Waals surface area contributed by atoms with Crippen LogP contribution in [0.3, 0.4) is 0 Å². The number of Topliss-reactive ketones (excluding diaryl/α,β-unsaturated/α-hetero) is 1. The summed E-state index contributed by atoms with van der Waals surface area (Å²) in [5.41, 5.74) is -0.779. The molecule has 0 saturated heterocycles. The fraction of sp³-hybridized carbons (Fsp3) is 0.714. The molecule has 58 valence electrons. The fourth-order valence-electron chi connectivity index (χ4n) is 0.437. The zero-order valence-electron chi connectivity index (χ0n) is 7.43. The first kappa shape index (κ1) is 13.7. The van der Waals surface area contributed by atoms with Crippen molar-refractivity contribution in [3.63, 3.8) is 0 Å². The van der Waals surface area contributed by atoms with Crippen molar-refractivity contribution in [2.45, 2.75) is 27.2 Å².